The fourth-order valence-corrected chi connectivity index (χ4v) is 5.38. The highest BCUT2D eigenvalue weighted by molar-refractivity contribution is 5.79. The van der Waals surface area contributed by atoms with Gasteiger partial charge in [-0.1, -0.05) is 12.1 Å². The average molecular weight is 414 g/mol. The number of fused-ring (bicyclic) bond motifs is 2. The number of carbonyl (C=O) groups excluding carboxylic acids is 2. The lowest BCUT2D eigenvalue weighted by Crippen LogP contribution is -2.57. The number of ether oxygens (including phenoxy) is 1. The second-order valence-corrected chi connectivity index (χ2v) is 9.18. The molecular formula is C24H35N3O3. The number of likely N-dealkylation sites (tertiary alicyclic amines) is 2. The van der Waals surface area contributed by atoms with Crippen LogP contribution in [0.3, 0.4) is 0 Å². The van der Waals surface area contributed by atoms with Crippen molar-refractivity contribution in [3.8, 4) is 5.75 Å². The zero-order valence-corrected chi connectivity index (χ0v) is 18.1. The van der Waals surface area contributed by atoms with E-state index in [0.717, 1.165) is 69.7 Å². The summed E-state index contributed by atoms with van der Waals surface area (Å²) in [6, 6.07) is 8.21. The van der Waals surface area contributed by atoms with Gasteiger partial charge in [-0.15, -0.1) is 0 Å². The van der Waals surface area contributed by atoms with Crippen LogP contribution in [0.25, 0.3) is 0 Å². The molecule has 30 heavy (non-hydrogen) atoms. The number of nitrogens with one attached hydrogen (secondary N) is 1. The van der Waals surface area contributed by atoms with Crippen LogP contribution in [-0.4, -0.2) is 67.5 Å². The third-order valence-corrected chi connectivity index (χ3v) is 7.01. The number of rotatable bonds is 7. The SMILES string of the molecule is COc1cccc(CC(=O)N2C[C@@H]3CN[C@H](CCCC(=O)N4CCCC4)[C@H](C3)C2)c1. The standard InChI is InChI=1S/C24H35N3O3/c1-30-21-7-4-6-18(13-21)14-24(29)27-16-19-12-20(17-27)22(25-15-19)8-5-9-23(28)26-10-2-3-11-26/h4,6-7,13,19-20,22,25H,2-3,5,8-12,14-17H2,1H3/t19-,20+,22+/m0/s1. The Kier molecular flexibility index (Phi) is 6.93. The van der Waals surface area contributed by atoms with E-state index in [2.05, 4.69) is 10.2 Å². The zero-order valence-electron chi connectivity index (χ0n) is 18.1. The Balaban J connectivity index is 1.27. The van der Waals surface area contributed by atoms with E-state index in [0.29, 0.717) is 36.6 Å². The van der Waals surface area contributed by atoms with Gasteiger partial charge < -0.3 is 19.9 Å². The van der Waals surface area contributed by atoms with Crippen LogP contribution >= 0.6 is 0 Å². The van der Waals surface area contributed by atoms with E-state index in [1.165, 1.54) is 6.42 Å². The Hall–Kier alpha value is -2.08. The highest BCUT2D eigenvalue weighted by Crippen LogP contribution is 2.31. The highest BCUT2D eigenvalue weighted by atomic mass is 16.5. The van der Waals surface area contributed by atoms with Gasteiger partial charge in [0.15, 0.2) is 0 Å². The molecule has 0 aromatic heterocycles. The van der Waals surface area contributed by atoms with E-state index < -0.39 is 0 Å². The normalized spacial score (nSPS) is 26.0. The van der Waals surface area contributed by atoms with Crippen molar-refractivity contribution in [3.05, 3.63) is 29.8 Å². The predicted molar refractivity (Wildman–Crippen MR) is 116 cm³/mol. The Morgan fingerprint density at radius 2 is 1.97 bits per heavy atom. The number of hydrogen-bond acceptors (Lipinski definition) is 4. The molecule has 4 rings (SSSR count). The van der Waals surface area contributed by atoms with E-state index in [1.54, 1.807) is 7.11 Å². The third-order valence-electron chi connectivity index (χ3n) is 7.01. The smallest absolute Gasteiger partial charge is 0.227 e. The lowest BCUT2D eigenvalue weighted by molar-refractivity contribution is -0.134. The summed E-state index contributed by atoms with van der Waals surface area (Å²) < 4.78 is 5.28. The molecular weight excluding hydrogens is 378 g/mol. The van der Waals surface area contributed by atoms with Crippen LogP contribution in [0.2, 0.25) is 0 Å². The second-order valence-electron chi connectivity index (χ2n) is 9.18. The van der Waals surface area contributed by atoms with Gasteiger partial charge in [0.2, 0.25) is 11.8 Å². The first-order valence-electron chi connectivity index (χ1n) is 11.5. The van der Waals surface area contributed by atoms with Crippen molar-refractivity contribution >= 4 is 11.8 Å². The number of nitrogens with zero attached hydrogens (tertiary/aromatic N) is 2. The van der Waals surface area contributed by atoms with Gasteiger partial charge in [-0.3, -0.25) is 9.59 Å². The van der Waals surface area contributed by atoms with Crippen molar-refractivity contribution in [2.24, 2.45) is 11.8 Å². The van der Waals surface area contributed by atoms with E-state index in [1.807, 2.05) is 29.2 Å². The van der Waals surface area contributed by atoms with Gasteiger partial charge in [0.25, 0.3) is 0 Å². The molecule has 3 fully saturated rings. The number of amides is 2. The fourth-order valence-electron chi connectivity index (χ4n) is 5.38. The molecule has 0 spiro atoms. The van der Waals surface area contributed by atoms with Crippen LogP contribution in [0, 0.1) is 11.8 Å². The van der Waals surface area contributed by atoms with E-state index in [4.69, 9.17) is 4.74 Å². The first-order chi connectivity index (χ1) is 14.6. The Labute approximate surface area is 179 Å². The van der Waals surface area contributed by atoms with Crippen LogP contribution in [0.5, 0.6) is 5.75 Å². The summed E-state index contributed by atoms with van der Waals surface area (Å²) in [5.74, 6) is 2.36. The van der Waals surface area contributed by atoms with Crippen LogP contribution in [0.4, 0.5) is 0 Å². The lowest BCUT2D eigenvalue weighted by atomic mass is 9.79. The molecule has 1 aromatic carbocycles. The van der Waals surface area contributed by atoms with Gasteiger partial charge in [0.05, 0.1) is 13.5 Å². The molecule has 1 aromatic rings. The van der Waals surface area contributed by atoms with Crippen molar-refractivity contribution < 1.29 is 14.3 Å². The lowest BCUT2D eigenvalue weighted by Gasteiger charge is -2.46. The van der Waals surface area contributed by atoms with Crippen LogP contribution in [0.1, 0.15) is 44.1 Å². The Morgan fingerprint density at radius 1 is 1.13 bits per heavy atom. The summed E-state index contributed by atoms with van der Waals surface area (Å²) in [5.41, 5.74) is 1.00. The summed E-state index contributed by atoms with van der Waals surface area (Å²) in [6.45, 7) is 4.54. The predicted octanol–water partition coefficient (Wildman–Crippen LogP) is 2.47. The minimum absolute atomic E-state index is 0.211. The monoisotopic (exact) mass is 413 g/mol. The first-order valence-corrected chi connectivity index (χ1v) is 11.5. The Morgan fingerprint density at radius 3 is 2.77 bits per heavy atom. The molecule has 3 atom stereocenters. The molecule has 0 radical (unpaired) electrons. The maximum atomic E-state index is 13.0. The van der Waals surface area contributed by atoms with Crippen molar-refractivity contribution in [3.63, 3.8) is 0 Å². The van der Waals surface area contributed by atoms with E-state index in [9.17, 15) is 9.59 Å². The summed E-state index contributed by atoms with van der Waals surface area (Å²) in [5, 5.41) is 3.71. The molecule has 3 saturated heterocycles. The van der Waals surface area contributed by atoms with Crippen molar-refractivity contribution in [2.45, 2.75) is 51.0 Å². The largest absolute Gasteiger partial charge is 0.497 e. The molecule has 3 aliphatic heterocycles. The molecule has 3 heterocycles. The third kappa shape index (κ3) is 5.15. The fraction of sp³-hybridized carbons (Fsp3) is 0.667. The van der Waals surface area contributed by atoms with Gasteiger partial charge in [0.1, 0.15) is 5.75 Å². The van der Waals surface area contributed by atoms with Gasteiger partial charge in [0, 0.05) is 38.6 Å². The maximum Gasteiger partial charge on any atom is 0.227 e. The van der Waals surface area contributed by atoms with Gasteiger partial charge in [-0.25, -0.2) is 0 Å². The summed E-state index contributed by atoms with van der Waals surface area (Å²) in [6.07, 6.45) is 6.55. The molecule has 1 N–H and O–H groups in total. The molecule has 6 nitrogen and oxygen atoms in total. The van der Waals surface area contributed by atoms with E-state index in [-0.39, 0.29) is 5.91 Å². The second kappa shape index (κ2) is 9.82. The number of methoxy groups -OCH3 is 1. The average Bonchev–Trinajstić information content (AvgIpc) is 3.30. The number of carbonyl (C=O) groups is 2. The molecule has 164 valence electrons. The van der Waals surface area contributed by atoms with Crippen molar-refractivity contribution in [1.82, 2.24) is 15.1 Å². The summed E-state index contributed by atoms with van der Waals surface area (Å²) >= 11 is 0. The molecule has 2 amide bonds. The zero-order chi connectivity index (χ0) is 20.9. The van der Waals surface area contributed by atoms with Crippen molar-refractivity contribution in [1.29, 1.82) is 0 Å². The van der Waals surface area contributed by atoms with Crippen LogP contribution in [0.15, 0.2) is 24.3 Å². The minimum Gasteiger partial charge on any atom is -0.497 e. The molecule has 0 unspecified atom stereocenters. The number of benzene rings is 1. The number of piperidine rings is 2. The van der Waals surface area contributed by atoms with Crippen LogP contribution in [-0.2, 0) is 16.0 Å². The minimum atomic E-state index is 0.211. The van der Waals surface area contributed by atoms with Gasteiger partial charge in [-0.2, -0.15) is 0 Å². The van der Waals surface area contributed by atoms with Crippen LogP contribution < -0.4 is 10.1 Å². The topological polar surface area (TPSA) is 61.9 Å². The van der Waals surface area contributed by atoms with Crippen molar-refractivity contribution in [2.75, 3.05) is 39.8 Å². The summed E-state index contributed by atoms with van der Waals surface area (Å²) in [7, 11) is 1.65. The number of hydrogen-bond donors (Lipinski definition) is 1. The molecule has 0 saturated carbocycles. The first kappa shape index (κ1) is 21.2. The van der Waals surface area contributed by atoms with E-state index >= 15 is 0 Å². The Bertz CT molecular complexity index is 747. The summed E-state index contributed by atoms with van der Waals surface area (Å²) in [4.78, 5) is 29.4. The highest BCUT2D eigenvalue weighted by Gasteiger charge is 2.37. The quantitative estimate of drug-likeness (QED) is 0.746. The molecule has 0 aliphatic carbocycles. The molecule has 3 aliphatic rings. The maximum absolute atomic E-state index is 13.0. The molecule has 2 bridgehead atoms. The van der Waals surface area contributed by atoms with Gasteiger partial charge in [-0.05, 0) is 68.2 Å². The van der Waals surface area contributed by atoms with Gasteiger partial charge >= 0.3 is 0 Å². The molecule has 6 heteroatoms.